The summed E-state index contributed by atoms with van der Waals surface area (Å²) in [5.74, 6) is -4.83. The van der Waals surface area contributed by atoms with E-state index in [1.165, 1.54) is 4.90 Å². The Balaban J connectivity index is 2.25. The van der Waals surface area contributed by atoms with Gasteiger partial charge in [-0.2, -0.15) is 0 Å². The first kappa shape index (κ1) is 11.9. The van der Waals surface area contributed by atoms with E-state index in [1.807, 2.05) is 0 Å². The van der Waals surface area contributed by atoms with Gasteiger partial charge in [0, 0.05) is 24.7 Å². The average molecular weight is 244 g/mol. The second-order valence-electron chi connectivity index (χ2n) is 4.05. The highest BCUT2D eigenvalue weighted by molar-refractivity contribution is 5.94. The van der Waals surface area contributed by atoms with Gasteiger partial charge in [-0.15, -0.1) is 0 Å². The van der Waals surface area contributed by atoms with Crippen LogP contribution in [0.5, 0.6) is 0 Å². The van der Waals surface area contributed by atoms with Gasteiger partial charge in [0.05, 0.1) is 0 Å². The summed E-state index contributed by atoms with van der Waals surface area (Å²) in [4.78, 5) is 13.2. The lowest BCUT2D eigenvalue weighted by Crippen LogP contribution is -2.32. The quantitative estimate of drug-likeness (QED) is 0.756. The van der Waals surface area contributed by atoms with Crippen molar-refractivity contribution < 1.29 is 18.0 Å². The lowest BCUT2D eigenvalue weighted by molar-refractivity contribution is 0.0789. The molecule has 1 amide bonds. The number of nitrogens with zero attached hydrogens (tertiary/aromatic N) is 1. The Kier molecular flexibility index (Phi) is 3.06. The number of carbonyl (C=O) groups excluding carboxylic acids is 1. The minimum absolute atomic E-state index is 0.117. The number of rotatable bonds is 1. The summed E-state index contributed by atoms with van der Waals surface area (Å²) in [6.07, 6.45) is 0.651. The summed E-state index contributed by atoms with van der Waals surface area (Å²) in [7, 11) is 0. The molecule has 0 aliphatic carbocycles. The zero-order chi connectivity index (χ0) is 12.6. The average Bonchev–Trinajstić information content (AvgIpc) is 2.71. The summed E-state index contributed by atoms with van der Waals surface area (Å²) in [5.41, 5.74) is 5.42. The number of benzene rings is 1. The Morgan fingerprint density at radius 1 is 1.29 bits per heavy atom. The van der Waals surface area contributed by atoms with Crippen LogP contribution in [0.1, 0.15) is 16.8 Å². The molecule has 0 saturated carbocycles. The fourth-order valence-corrected chi connectivity index (χ4v) is 1.83. The molecular formula is C11H11F3N2O. The maximum Gasteiger partial charge on any atom is 0.254 e. The second-order valence-corrected chi connectivity index (χ2v) is 4.05. The number of nitrogens with two attached hydrogens (primary N) is 1. The van der Waals surface area contributed by atoms with E-state index in [-0.39, 0.29) is 11.6 Å². The van der Waals surface area contributed by atoms with Crippen molar-refractivity contribution in [1.82, 2.24) is 4.90 Å². The molecule has 2 N–H and O–H groups in total. The fraction of sp³-hybridized carbons (Fsp3) is 0.364. The first-order chi connectivity index (χ1) is 7.99. The van der Waals surface area contributed by atoms with Crippen LogP contribution in [-0.2, 0) is 0 Å². The highest BCUT2D eigenvalue weighted by Gasteiger charge is 2.26. The van der Waals surface area contributed by atoms with Gasteiger partial charge < -0.3 is 10.6 Å². The lowest BCUT2D eigenvalue weighted by Gasteiger charge is -2.15. The van der Waals surface area contributed by atoms with Crippen LogP contribution < -0.4 is 5.73 Å². The number of carbonyl (C=O) groups is 1. The van der Waals surface area contributed by atoms with E-state index in [0.717, 1.165) is 0 Å². The second kappa shape index (κ2) is 4.37. The standard InChI is InChI=1S/C11H11F3N2O/c12-8-3-6(4-9(13)10(8)14)11(17)16-2-1-7(15)5-16/h3-4,7H,1-2,5,15H2. The molecule has 6 heteroatoms. The topological polar surface area (TPSA) is 46.3 Å². The molecule has 1 aromatic rings. The zero-order valence-corrected chi connectivity index (χ0v) is 8.92. The predicted octanol–water partition coefficient (Wildman–Crippen LogP) is 1.28. The molecule has 17 heavy (non-hydrogen) atoms. The molecule has 1 heterocycles. The van der Waals surface area contributed by atoms with Gasteiger partial charge in [0.15, 0.2) is 17.5 Å². The van der Waals surface area contributed by atoms with Crippen molar-refractivity contribution in [2.24, 2.45) is 5.73 Å². The summed E-state index contributed by atoms with van der Waals surface area (Å²) in [6.45, 7) is 0.792. The van der Waals surface area contributed by atoms with Crippen molar-refractivity contribution >= 4 is 5.91 Å². The first-order valence-corrected chi connectivity index (χ1v) is 5.18. The Labute approximate surface area is 96.0 Å². The van der Waals surface area contributed by atoms with Crippen molar-refractivity contribution in [2.45, 2.75) is 12.5 Å². The number of amides is 1. The summed E-state index contributed by atoms with van der Waals surface area (Å²) in [6, 6.07) is 1.28. The van der Waals surface area contributed by atoms with Crippen molar-refractivity contribution in [2.75, 3.05) is 13.1 Å². The van der Waals surface area contributed by atoms with Gasteiger partial charge >= 0.3 is 0 Å². The van der Waals surface area contributed by atoms with Crippen LogP contribution in [0.4, 0.5) is 13.2 Å². The Morgan fingerprint density at radius 2 is 1.88 bits per heavy atom. The SMILES string of the molecule is NC1CCN(C(=O)c2cc(F)c(F)c(F)c2)C1. The molecular weight excluding hydrogens is 233 g/mol. The minimum Gasteiger partial charge on any atom is -0.337 e. The number of likely N-dealkylation sites (tertiary alicyclic amines) is 1. The third-order valence-corrected chi connectivity index (χ3v) is 2.74. The Bertz CT molecular complexity index is 441. The monoisotopic (exact) mass is 244 g/mol. The van der Waals surface area contributed by atoms with Crippen molar-refractivity contribution in [3.8, 4) is 0 Å². The highest BCUT2D eigenvalue weighted by Crippen LogP contribution is 2.17. The van der Waals surface area contributed by atoms with Gasteiger partial charge in [0.2, 0.25) is 0 Å². The van der Waals surface area contributed by atoms with E-state index in [2.05, 4.69) is 0 Å². The van der Waals surface area contributed by atoms with Crippen LogP contribution in [0, 0.1) is 17.5 Å². The molecule has 1 saturated heterocycles. The molecule has 0 radical (unpaired) electrons. The van der Waals surface area contributed by atoms with Gasteiger partial charge in [-0.3, -0.25) is 4.79 Å². The van der Waals surface area contributed by atoms with E-state index in [1.54, 1.807) is 0 Å². The van der Waals surface area contributed by atoms with Gasteiger partial charge in [-0.25, -0.2) is 13.2 Å². The molecule has 1 fully saturated rings. The van der Waals surface area contributed by atoms with Gasteiger partial charge in [-0.05, 0) is 18.6 Å². The van der Waals surface area contributed by atoms with Crippen LogP contribution >= 0.6 is 0 Å². The van der Waals surface area contributed by atoms with Crippen LogP contribution in [0.25, 0.3) is 0 Å². The largest absolute Gasteiger partial charge is 0.337 e. The van der Waals surface area contributed by atoms with Crippen LogP contribution in [-0.4, -0.2) is 29.9 Å². The predicted molar refractivity (Wildman–Crippen MR) is 54.8 cm³/mol. The third kappa shape index (κ3) is 2.26. The molecule has 1 aliphatic rings. The lowest BCUT2D eigenvalue weighted by atomic mass is 10.2. The number of hydrogen-bond acceptors (Lipinski definition) is 2. The minimum atomic E-state index is -1.57. The Hall–Kier alpha value is -1.56. The zero-order valence-electron chi connectivity index (χ0n) is 8.92. The van der Waals surface area contributed by atoms with Crippen molar-refractivity contribution in [3.63, 3.8) is 0 Å². The van der Waals surface area contributed by atoms with Gasteiger partial charge in [0.25, 0.3) is 5.91 Å². The summed E-state index contributed by atoms with van der Waals surface area (Å²) < 4.78 is 38.6. The molecule has 2 rings (SSSR count). The summed E-state index contributed by atoms with van der Waals surface area (Å²) in [5, 5.41) is 0. The number of halogens is 3. The molecule has 0 spiro atoms. The highest BCUT2D eigenvalue weighted by atomic mass is 19.2. The van der Waals surface area contributed by atoms with Gasteiger partial charge in [-0.1, -0.05) is 0 Å². The smallest absolute Gasteiger partial charge is 0.254 e. The van der Waals surface area contributed by atoms with E-state index in [4.69, 9.17) is 5.73 Å². The number of hydrogen-bond donors (Lipinski definition) is 1. The normalized spacial score (nSPS) is 19.8. The van der Waals surface area contributed by atoms with E-state index in [0.29, 0.717) is 31.6 Å². The first-order valence-electron chi connectivity index (χ1n) is 5.18. The van der Waals surface area contributed by atoms with Crippen molar-refractivity contribution in [3.05, 3.63) is 35.1 Å². The summed E-state index contributed by atoms with van der Waals surface area (Å²) >= 11 is 0. The molecule has 3 nitrogen and oxygen atoms in total. The molecule has 1 atom stereocenters. The van der Waals surface area contributed by atoms with Crippen LogP contribution in [0.3, 0.4) is 0 Å². The molecule has 1 unspecified atom stereocenters. The van der Waals surface area contributed by atoms with Crippen molar-refractivity contribution in [1.29, 1.82) is 0 Å². The maximum atomic E-state index is 13.0. The third-order valence-electron chi connectivity index (χ3n) is 2.74. The maximum absolute atomic E-state index is 13.0. The molecule has 92 valence electrons. The van der Waals surface area contributed by atoms with Crippen LogP contribution in [0.15, 0.2) is 12.1 Å². The van der Waals surface area contributed by atoms with Gasteiger partial charge in [0.1, 0.15) is 0 Å². The van der Waals surface area contributed by atoms with E-state index >= 15 is 0 Å². The van der Waals surface area contributed by atoms with Crippen LogP contribution in [0.2, 0.25) is 0 Å². The molecule has 1 aromatic carbocycles. The molecule has 1 aliphatic heterocycles. The molecule has 0 bridgehead atoms. The Morgan fingerprint density at radius 3 is 2.35 bits per heavy atom. The van der Waals surface area contributed by atoms with E-state index < -0.39 is 23.4 Å². The fourth-order valence-electron chi connectivity index (χ4n) is 1.83. The molecule has 0 aromatic heterocycles. The van der Waals surface area contributed by atoms with E-state index in [9.17, 15) is 18.0 Å².